The monoisotopic (exact) mass is 324 g/mol. The van der Waals surface area contributed by atoms with Crippen LogP contribution < -0.4 is 0 Å². The molecule has 4 heteroatoms. The highest BCUT2D eigenvalue weighted by atomic mass is 16.6. The maximum absolute atomic E-state index is 12.5. The van der Waals surface area contributed by atoms with E-state index in [0.717, 1.165) is 31.6 Å². The van der Waals surface area contributed by atoms with Gasteiger partial charge in [0.25, 0.3) is 0 Å². The molecule has 2 aromatic carbocycles. The summed E-state index contributed by atoms with van der Waals surface area (Å²) in [6.45, 7) is 4.79. The zero-order chi connectivity index (χ0) is 16.6. The normalized spacial score (nSPS) is 13.5. The Morgan fingerprint density at radius 3 is 2.21 bits per heavy atom. The predicted octanol–water partition coefficient (Wildman–Crippen LogP) is 3.18. The van der Waals surface area contributed by atoms with Gasteiger partial charge < -0.3 is 9.64 Å². The first-order chi connectivity index (χ1) is 11.8. The zero-order valence-corrected chi connectivity index (χ0v) is 13.9. The minimum absolute atomic E-state index is 0.225. The Kier molecular flexibility index (Phi) is 5.85. The first-order valence-electron chi connectivity index (χ1n) is 8.53. The van der Waals surface area contributed by atoms with E-state index in [1.54, 1.807) is 4.90 Å². The SMILES string of the molecule is O=C(OCCN1CC1)N(CCc1ccccc1)Cc1ccccc1. The first-order valence-corrected chi connectivity index (χ1v) is 8.53. The largest absolute Gasteiger partial charge is 0.448 e. The van der Waals surface area contributed by atoms with E-state index in [1.807, 2.05) is 48.5 Å². The van der Waals surface area contributed by atoms with Crippen LogP contribution >= 0.6 is 0 Å². The Balaban J connectivity index is 1.57. The summed E-state index contributed by atoms with van der Waals surface area (Å²) in [6, 6.07) is 20.3. The van der Waals surface area contributed by atoms with Gasteiger partial charge in [-0.25, -0.2) is 4.79 Å². The minimum atomic E-state index is -0.225. The van der Waals surface area contributed by atoms with Crippen molar-refractivity contribution < 1.29 is 9.53 Å². The molecule has 0 spiro atoms. The fraction of sp³-hybridized carbons (Fsp3) is 0.350. The minimum Gasteiger partial charge on any atom is -0.448 e. The summed E-state index contributed by atoms with van der Waals surface area (Å²) >= 11 is 0. The van der Waals surface area contributed by atoms with Gasteiger partial charge in [0.2, 0.25) is 0 Å². The molecule has 2 aromatic rings. The number of hydrogen-bond acceptors (Lipinski definition) is 3. The average Bonchev–Trinajstić information content (AvgIpc) is 3.44. The van der Waals surface area contributed by atoms with Crippen LogP contribution in [0.3, 0.4) is 0 Å². The molecule has 0 aliphatic carbocycles. The Bertz CT molecular complexity index is 627. The molecule has 0 atom stereocenters. The third kappa shape index (κ3) is 5.39. The van der Waals surface area contributed by atoms with Crippen LogP contribution in [0, 0.1) is 0 Å². The quantitative estimate of drug-likeness (QED) is 0.699. The zero-order valence-electron chi connectivity index (χ0n) is 13.9. The molecule has 0 saturated carbocycles. The summed E-state index contributed by atoms with van der Waals surface area (Å²) in [5.41, 5.74) is 2.35. The van der Waals surface area contributed by atoms with Crippen molar-refractivity contribution >= 4 is 6.09 Å². The van der Waals surface area contributed by atoms with Gasteiger partial charge in [-0.05, 0) is 17.5 Å². The summed E-state index contributed by atoms with van der Waals surface area (Å²) in [5, 5.41) is 0. The number of carbonyl (C=O) groups is 1. The van der Waals surface area contributed by atoms with E-state index < -0.39 is 0 Å². The van der Waals surface area contributed by atoms with Gasteiger partial charge in [0.05, 0.1) is 0 Å². The van der Waals surface area contributed by atoms with Crippen LogP contribution in [0.4, 0.5) is 4.79 Å². The van der Waals surface area contributed by atoms with Crippen molar-refractivity contribution in [3.63, 3.8) is 0 Å². The van der Waals surface area contributed by atoms with Crippen molar-refractivity contribution in [2.24, 2.45) is 0 Å². The molecule has 0 bridgehead atoms. The molecule has 3 rings (SSSR count). The number of hydrogen-bond donors (Lipinski definition) is 0. The Hall–Kier alpha value is -2.33. The number of carbonyl (C=O) groups excluding carboxylic acids is 1. The van der Waals surface area contributed by atoms with E-state index in [1.165, 1.54) is 5.56 Å². The van der Waals surface area contributed by atoms with Crippen molar-refractivity contribution in [2.45, 2.75) is 13.0 Å². The van der Waals surface area contributed by atoms with E-state index in [9.17, 15) is 4.79 Å². The highest BCUT2D eigenvalue weighted by Gasteiger charge is 2.19. The Morgan fingerprint density at radius 2 is 1.58 bits per heavy atom. The average molecular weight is 324 g/mol. The van der Waals surface area contributed by atoms with Crippen LogP contribution in [0.5, 0.6) is 0 Å². The second-order valence-corrected chi connectivity index (χ2v) is 6.10. The van der Waals surface area contributed by atoms with Gasteiger partial charge in [-0.2, -0.15) is 0 Å². The molecule has 126 valence electrons. The molecule has 0 radical (unpaired) electrons. The maximum atomic E-state index is 12.5. The predicted molar refractivity (Wildman–Crippen MR) is 94.8 cm³/mol. The lowest BCUT2D eigenvalue weighted by Crippen LogP contribution is -2.34. The number of rotatable bonds is 8. The molecular formula is C20H24N2O2. The molecule has 4 nitrogen and oxygen atoms in total. The van der Waals surface area contributed by atoms with Crippen molar-refractivity contribution in [1.82, 2.24) is 9.80 Å². The number of amides is 1. The van der Waals surface area contributed by atoms with E-state index >= 15 is 0 Å². The summed E-state index contributed by atoms with van der Waals surface area (Å²) < 4.78 is 5.46. The number of nitrogens with zero attached hydrogens (tertiary/aromatic N) is 2. The van der Waals surface area contributed by atoms with Crippen molar-refractivity contribution in [3.8, 4) is 0 Å². The van der Waals surface area contributed by atoms with Gasteiger partial charge in [-0.15, -0.1) is 0 Å². The molecule has 0 aromatic heterocycles. The summed E-state index contributed by atoms with van der Waals surface area (Å²) in [5.74, 6) is 0. The van der Waals surface area contributed by atoms with E-state index in [0.29, 0.717) is 19.7 Å². The maximum Gasteiger partial charge on any atom is 0.410 e. The lowest BCUT2D eigenvalue weighted by atomic mass is 10.1. The Morgan fingerprint density at radius 1 is 0.958 bits per heavy atom. The van der Waals surface area contributed by atoms with E-state index in [2.05, 4.69) is 17.0 Å². The lowest BCUT2D eigenvalue weighted by Gasteiger charge is -2.22. The number of benzene rings is 2. The summed E-state index contributed by atoms with van der Waals surface area (Å²) in [7, 11) is 0. The van der Waals surface area contributed by atoms with Gasteiger partial charge in [-0.3, -0.25) is 4.90 Å². The lowest BCUT2D eigenvalue weighted by molar-refractivity contribution is 0.0974. The number of ether oxygens (including phenoxy) is 1. The van der Waals surface area contributed by atoms with Crippen LogP contribution in [0.15, 0.2) is 60.7 Å². The van der Waals surface area contributed by atoms with Crippen LogP contribution in [-0.2, 0) is 17.7 Å². The molecule has 0 N–H and O–H groups in total. The van der Waals surface area contributed by atoms with Crippen molar-refractivity contribution in [1.29, 1.82) is 0 Å². The summed E-state index contributed by atoms with van der Waals surface area (Å²) in [4.78, 5) is 16.5. The fourth-order valence-electron chi connectivity index (χ4n) is 2.60. The standard InChI is InChI=1S/C20H24N2O2/c23-20(24-16-15-21-13-14-21)22(17-19-9-5-2-6-10-19)12-11-18-7-3-1-4-8-18/h1-10H,11-17H2. The first kappa shape index (κ1) is 16.5. The van der Waals surface area contributed by atoms with Gasteiger partial charge in [0.1, 0.15) is 6.61 Å². The molecule has 0 unspecified atom stereocenters. The van der Waals surface area contributed by atoms with Crippen molar-refractivity contribution in [3.05, 3.63) is 71.8 Å². The molecular weight excluding hydrogens is 300 g/mol. The van der Waals surface area contributed by atoms with Crippen LogP contribution in [0.25, 0.3) is 0 Å². The molecule has 24 heavy (non-hydrogen) atoms. The molecule has 1 amide bonds. The Labute approximate surface area is 143 Å². The van der Waals surface area contributed by atoms with Gasteiger partial charge in [0, 0.05) is 32.7 Å². The third-order valence-corrected chi connectivity index (χ3v) is 4.16. The second kappa shape index (κ2) is 8.50. The molecule has 1 heterocycles. The van der Waals surface area contributed by atoms with Crippen LogP contribution in [0.2, 0.25) is 0 Å². The molecule has 1 saturated heterocycles. The highest BCUT2D eigenvalue weighted by molar-refractivity contribution is 5.67. The molecule has 1 fully saturated rings. The van der Waals surface area contributed by atoms with Crippen LogP contribution in [-0.4, -0.2) is 48.7 Å². The summed E-state index contributed by atoms with van der Waals surface area (Å²) in [6.07, 6.45) is 0.603. The molecule has 1 aliphatic rings. The van der Waals surface area contributed by atoms with Gasteiger partial charge in [0.15, 0.2) is 0 Å². The highest BCUT2D eigenvalue weighted by Crippen LogP contribution is 2.09. The van der Waals surface area contributed by atoms with Gasteiger partial charge >= 0.3 is 6.09 Å². The van der Waals surface area contributed by atoms with Gasteiger partial charge in [-0.1, -0.05) is 60.7 Å². The second-order valence-electron chi connectivity index (χ2n) is 6.10. The van der Waals surface area contributed by atoms with Crippen molar-refractivity contribution in [2.75, 3.05) is 32.8 Å². The topological polar surface area (TPSA) is 32.6 Å². The fourth-order valence-corrected chi connectivity index (χ4v) is 2.60. The van der Waals surface area contributed by atoms with E-state index in [4.69, 9.17) is 4.74 Å². The van der Waals surface area contributed by atoms with Crippen LogP contribution in [0.1, 0.15) is 11.1 Å². The third-order valence-electron chi connectivity index (χ3n) is 4.16. The smallest absolute Gasteiger partial charge is 0.410 e. The van der Waals surface area contributed by atoms with E-state index in [-0.39, 0.29) is 6.09 Å². The molecule has 1 aliphatic heterocycles.